The molecule has 0 aromatic carbocycles. The van der Waals surface area contributed by atoms with E-state index in [0.717, 1.165) is 12.8 Å². The van der Waals surface area contributed by atoms with Gasteiger partial charge in [-0.25, -0.2) is 0 Å². The summed E-state index contributed by atoms with van der Waals surface area (Å²) in [4.78, 5) is 12.3. The first-order valence-electron chi connectivity index (χ1n) is 3.93. The molecule has 0 radical (unpaired) electrons. The summed E-state index contributed by atoms with van der Waals surface area (Å²) >= 11 is 0. The summed E-state index contributed by atoms with van der Waals surface area (Å²) in [5, 5.41) is 8.32. The average molecular weight is 152 g/mol. The first kappa shape index (κ1) is 8.22. The van der Waals surface area contributed by atoms with Crippen LogP contribution >= 0.6 is 0 Å². The Bertz CT molecular complexity index is 169. The normalized spacial score (nSPS) is 16.4. The molecule has 0 aromatic rings. The van der Waals surface area contributed by atoms with E-state index in [-0.39, 0.29) is 0 Å². The minimum absolute atomic E-state index is 0.492. The highest BCUT2D eigenvalue weighted by Crippen LogP contribution is 2.26. The van der Waals surface area contributed by atoms with Crippen LogP contribution in [-0.4, -0.2) is 30.3 Å². The van der Waals surface area contributed by atoms with Gasteiger partial charge in [0.05, 0.1) is 12.6 Å². The van der Waals surface area contributed by atoms with E-state index in [2.05, 4.69) is 11.0 Å². The van der Waals surface area contributed by atoms with Crippen molar-refractivity contribution in [2.75, 3.05) is 13.1 Å². The van der Waals surface area contributed by atoms with Crippen LogP contribution < -0.4 is 0 Å². The fraction of sp³-hybridized carbons (Fsp3) is 0.750. The number of nitriles is 1. The second-order valence-corrected chi connectivity index (χ2v) is 2.80. The van der Waals surface area contributed by atoms with Gasteiger partial charge in [0.15, 0.2) is 0 Å². The molecule has 0 atom stereocenters. The molecule has 3 nitrogen and oxygen atoms in total. The van der Waals surface area contributed by atoms with Gasteiger partial charge in [0.25, 0.3) is 0 Å². The molecule has 1 aliphatic carbocycles. The lowest BCUT2D eigenvalue weighted by Gasteiger charge is -2.16. The Morgan fingerprint density at radius 1 is 1.64 bits per heavy atom. The Balaban J connectivity index is 2.21. The van der Waals surface area contributed by atoms with E-state index in [1.54, 1.807) is 0 Å². The number of hydrogen-bond donors (Lipinski definition) is 0. The molecule has 0 aromatic heterocycles. The van der Waals surface area contributed by atoms with E-state index in [0.29, 0.717) is 19.0 Å². The highest BCUT2D eigenvalue weighted by atomic mass is 16.1. The lowest BCUT2D eigenvalue weighted by Crippen LogP contribution is -2.28. The summed E-state index contributed by atoms with van der Waals surface area (Å²) in [6.07, 6.45) is 3.83. The number of aldehydes is 1. The molecule has 1 rings (SSSR count). The van der Waals surface area contributed by atoms with Crippen LogP contribution in [0.3, 0.4) is 0 Å². The highest BCUT2D eigenvalue weighted by molar-refractivity contribution is 5.52. The van der Waals surface area contributed by atoms with Gasteiger partial charge in [0, 0.05) is 19.0 Å². The van der Waals surface area contributed by atoms with Gasteiger partial charge in [0.2, 0.25) is 0 Å². The first-order chi connectivity index (χ1) is 5.38. The van der Waals surface area contributed by atoms with Crippen LogP contribution in [0.1, 0.15) is 19.3 Å². The molecule has 0 aliphatic heterocycles. The van der Waals surface area contributed by atoms with Gasteiger partial charge in [0.1, 0.15) is 6.29 Å². The van der Waals surface area contributed by atoms with Crippen molar-refractivity contribution in [1.29, 1.82) is 5.26 Å². The molecule has 0 spiro atoms. The minimum Gasteiger partial charge on any atom is -0.302 e. The summed E-state index contributed by atoms with van der Waals surface area (Å²) in [7, 11) is 0. The van der Waals surface area contributed by atoms with E-state index in [1.807, 2.05) is 0 Å². The van der Waals surface area contributed by atoms with Crippen molar-refractivity contribution < 1.29 is 4.79 Å². The van der Waals surface area contributed by atoms with E-state index in [9.17, 15) is 4.79 Å². The number of carbonyl (C=O) groups excluding carboxylic acids is 1. The van der Waals surface area contributed by atoms with Crippen molar-refractivity contribution in [3.05, 3.63) is 0 Å². The summed E-state index contributed by atoms with van der Waals surface area (Å²) in [6, 6.07) is 2.67. The summed E-state index contributed by atoms with van der Waals surface area (Å²) in [5.41, 5.74) is 0. The number of hydrogen-bond acceptors (Lipinski definition) is 3. The molecule has 60 valence electrons. The van der Waals surface area contributed by atoms with Crippen molar-refractivity contribution in [3.8, 4) is 6.07 Å². The molecule has 3 heteroatoms. The fourth-order valence-corrected chi connectivity index (χ4v) is 1.15. The standard InChI is InChI=1S/C8H12N2O/c9-4-1-5-10(6-7-11)8-2-3-8/h7-8H,1-3,5-6H2. The predicted octanol–water partition coefficient (Wildman–Crippen LogP) is 0.563. The summed E-state index contributed by atoms with van der Waals surface area (Å²) < 4.78 is 0. The Kier molecular flexibility index (Phi) is 3.06. The molecule has 0 bridgehead atoms. The smallest absolute Gasteiger partial charge is 0.133 e. The third kappa shape index (κ3) is 2.69. The van der Waals surface area contributed by atoms with Crippen LogP contribution in [0.25, 0.3) is 0 Å². The van der Waals surface area contributed by atoms with E-state index in [1.165, 1.54) is 12.8 Å². The highest BCUT2D eigenvalue weighted by Gasteiger charge is 2.27. The van der Waals surface area contributed by atoms with Crippen molar-refractivity contribution >= 4 is 6.29 Å². The van der Waals surface area contributed by atoms with Gasteiger partial charge in [-0.1, -0.05) is 0 Å². The van der Waals surface area contributed by atoms with Gasteiger partial charge in [-0.2, -0.15) is 5.26 Å². The van der Waals surface area contributed by atoms with Crippen LogP contribution in [0.2, 0.25) is 0 Å². The summed E-state index contributed by atoms with van der Waals surface area (Å²) in [5.74, 6) is 0. The van der Waals surface area contributed by atoms with Gasteiger partial charge in [-0.3, -0.25) is 4.90 Å². The molecule has 0 saturated heterocycles. The number of rotatable bonds is 5. The first-order valence-corrected chi connectivity index (χ1v) is 3.93. The van der Waals surface area contributed by atoms with Gasteiger partial charge in [-0.05, 0) is 12.8 Å². The molecule has 1 fully saturated rings. The maximum atomic E-state index is 10.2. The zero-order chi connectivity index (χ0) is 8.10. The Morgan fingerprint density at radius 2 is 2.36 bits per heavy atom. The Labute approximate surface area is 66.6 Å². The number of carbonyl (C=O) groups is 1. The second-order valence-electron chi connectivity index (χ2n) is 2.80. The van der Waals surface area contributed by atoms with Crippen LogP contribution in [0, 0.1) is 11.3 Å². The zero-order valence-corrected chi connectivity index (χ0v) is 6.49. The predicted molar refractivity (Wildman–Crippen MR) is 40.9 cm³/mol. The largest absolute Gasteiger partial charge is 0.302 e. The quantitative estimate of drug-likeness (QED) is 0.541. The lowest BCUT2D eigenvalue weighted by molar-refractivity contribution is -0.109. The molecule has 1 saturated carbocycles. The minimum atomic E-state index is 0.492. The molecule has 0 amide bonds. The molecular weight excluding hydrogens is 140 g/mol. The van der Waals surface area contributed by atoms with E-state index in [4.69, 9.17) is 5.26 Å². The monoisotopic (exact) mass is 152 g/mol. The molecule has 1 aliphatic rings. The van der Waals surface area contributed by atoms with Crippen molar-refractivity contribution in [2.45, 2.75) is 25.3 Å². The van der Waals surface area contributed by atoms with Crippen molar-refractivity contribution in [1.82, 2.24) is 4.90 Å². The maximum absolute atomic E-state index is 10.2. The van der Waals surface area contributed by atoms with Crippen LogP contribution in [0.4, 0.5) is 0 Å². The van der Waals surface area contributed by atoms with Crippen molar-refractivity contribution in [2.24, 2.45) is 0 Å². The van der Waals surface area contributed by atoms with Gasteiger partial charge < -0.3 is 4.79 Å². The Hall–Kier alpha value is -0.880. The van der Waals surface area contributed by atoms with Gasteiger partial charge >= 0.3 is 0 Å². The zero-order valence-electron chi connectivity index (χ0n) is 6.49. The van der Waals surface area contributed by atoms with Gasteiger partial charge in [-0.15, -0.1) is 0 Å². The number of nitrogens with zero attached hydrogens (tertiary/aromatic N) is 2. The topological polar surface area (TPSA) is 44.1 Å². The maximum Gasteiger partial charge on any atom is 0.133 e. The van der Waals surface area contributed by atoms with Crippen molar-refractivity contribution in [3.63, 3.8) is 0 Å². The van der Waals surface area contributed by atoms with E-state index < -0.39 is 0 Å². The van der Waals surface area contributed by atoms with Crippen LogP contribution in [-0.2, 0) is 4.79 Å². The molecule has 0 unspecified atom stereocenters. The van der Waals surface area contributed by atoms with E-state index >= 15 is 0 Å². The third-order valence-electron chi connectivity index (χ3n) is 1.88. The third-order valence-corrected chi connectivity index (χ3v) is 1.88. The Morgan fingerprint density at radius 3 is 2.82 bits per heavy atom. The van der Waals surface area contributed by atoms with Crippen LogP contribution in [0.15, 0.2) is 0 Å². The SMILES string of the molecule is N#CCCN(CC=O)C1CC1. The van der Waals surface area contributed by atoms with Crippen LogP contribution in [0.5, 0.6) is 0 Å². The molecule has 11 heavy (non-hydrogen) atoms. The summed E-state index contributed by atoms with van der Waals surface area (Å²) in [6.45, 7) is 1.24. The second kappa shape index (κ2) is 4.09. The average Bonchev–Trinajstić information content (AvgIpc) is 2.80. The molecule has 0 N–H and O–H groups in total. The lowest BCUT2D eigenvalue weighted by atomic mass is 10.4. The molecular formula is C8H12N2O. The molecule has 0 heterocycles. The fourth-order valence-electron chi connectivity index (χ4n) is 1.15.